The van der Waals surface area contributed by atoms with Gasteiger partial charge in [0.2, 0.25) is 0 Å². The number of nitro benzene ring substituents is 1. The van der Waals surface area contributed by atoms with Crippen LogP contribution in [0.25, 0.3) is 0 Å². The van der Waals surface area contributed by atoms with Crippen molar-refractivity contribution in [1.29, 1.82) is 0 Å². The van der Waals surface area contributed by atoms with E-state index in [1.165, 1.54) is 0 Å². The van der Waals surface area contributed by atoms with Gasteiger partial charge in [-0.3, -0.25) is 10.1 Å². The Morgan fingerprint density at radius 3 is 2.47 bits per heavy atom. The topological polar surface area (TPSA) is 72.7 Å². The Labute approximate surface area is 109 Å². The Bertz CT molecular complexity index is 517. The first-order valence-electron chi connectivity index (χ1n) is 5.58. The van der Waals surface area contributed by atoms with E-state index in [1.54, 1.807) is 11.9 Å². The van der Waals surface area contributed by atoms with Gasteiger partial charge >= 0.3 is 5.97 Å². The molecule has 0 radical (unpaired) electrons. The summed E-state index contributed by atoms with van der Waals surface area (Å²) in [7, 11) is 2.75. The van der Waals surface area contributed by atoms with E-state index in [0.717, 1.165) is 19.2 Å². The molecule has 0 aliphatic rings. The minimum absolute atomic E-state index is 0.0466. The lowest BCUT2D eigenvalue weighted by molar-refractivity contribution is -0.384. The lowest BCUT2D eigenvalue weighted by Crippen LogP contribution is -2.27. The standard InChI is InChI=1S/C12H15FN2O4/c1-7(2)14(3)10-5-8(12(16)19-4)9(13)6-11(10)15(17)18/h5-7H,1-4H3. The van der Waals surface area contributed by atoms with Gasteiger partial charge in [0, 0.05) is 13.1 Å². The van der Waals surface area contributed by atoms with Crippen LogP contribution in [0.5, 0.6) is 0 Å². The SMILES string of the molecule is COC(=O)c1cc(N(C)C(C)C)c([N+](=O)[O-])cc1F. The molecule has 0 amide bonds. The average Bonchev–Trinajstić information content (AvgIpc) is 2.36. The summed E-state index contributed by atoms with van der Waals surface area (Å²) < 4.78 is 18.1. The first kappa shape index (κ1) is 14.9. The second-order valence-electron chi connectivity index (χ2n) is 4.27. The van der Waals surface area contributed by atoms with Gasteiger partial charge in [0.15, 0.2) is 0 Å². The number of nitrogens with zero attached hydrogens (tertiary/aromatic N) is 2. The van der Waals surface area contributed by atoms with Gasteiger partial charge in [-0.2, -0.15) is 0 Å². The highest BCUT2D eigenvalue weighted by atomic mass is 19.1. The molecule has 0 heterocycles. The summed E-state index contributed by atoms with van der Waals surface area (Å²) >= 11 is 0. The molecule has 1 aromatic rings. The van der Waals surface area contributed by atoms with Crippen molar-refractivity contribution < 1.29 is 18.8 Å². The number of nitro groups is 1. The van der Waals surface area contributed by atoms with Crippen molar-refractivity contribution in [2.75, 3.05) is 19.1 Å². The normalized spacial score (nSPS) is 10.4. The van der Waals surface area contributed by atoms with Gasteiger partial charge in [0.1, 0.15) is 11.5 Å². The van der Waals surface area contributed by atoms with Gasteiger partial charge in [-0.25, -0.2) is 9.18 Å². The van der Waals surface area contributed by atoms with Gasteiger partial charge in [-0.15, -0.1) is 0 Å². The fourth-order valence-electron chi connectivity index (χ4n) is 1.52. The third kappa shape index (κ3) is 2.98. The molecule has 19 heavy (non-hydrogen) atoms. The van der Waals surface area contributed by atoms with Crippen LogP contribution >= 0.6 is 0 Å². The van der Waals surface area contributed by atoms with E-state index in [9.17, 15) is 19.3 Å². The monoisotopic (exact) mass is 270 g/mol. The van der Waals surface area contributed by atoms with Crippen LogP contribution in [0, 0.1) is 15.9 Å². The van der Waals surface area contributed by atoms with E-state index in [-0.39, 0.29) is 23.0 Å². The summed E-state index contributed by atoms with van der Waals surface area (Å²) in [6, 6.07) is 1.83. The number of halogens is 1. The van der Waals surface area contributed by atoms with Crippen molar-refractivity contribution in [1.82, 2.24) is 0 Å². The molecule has 0 fully saturated rings. The van der Waals surface area contributed by atoms with Crippen LogP contribution in [0.1, 0.15) is 24.2 Å². The molecule has 0 saturated heterocycles. The highest BCUT2D eigenvalue weighted by molar-refractivity contribution is 5.92. The lowest BCUT2D eigenvalue weighted by atomic mass is 10.1. The van der Waals surface area contributed by atoms with Crippen LogP contribution < -0.4 is 4.90 Å². The smallest absolute Gasteiger partial charge is 0.340 e. The van der Waals surface area contributed by atoms with Gasteiger partial charge in [-0.1, -0.05) is 0 Å². The number of hydrogen-bond donors (Lipinski definition) is 0. The molecule has 0 aromatic heterocycles. The third-order valence-corrected chi connectivity index (χ3v) is 2.82. The van der Waals surface area contributed by atoms with E-state index in [4.69, 9.17) is 0 Å². The summed E-state index contributed by atoms with van der Waals surface area (Å²) in [6.07, 6.45) is 0. The average molecular weight is 270 g/mol. The predicted octanol–water partition coefficient (Wildman–Crippen LogP) is 2.37. The minimum atomic E-state index is -0.973. The van der Waals surface area contributed by atoms with Gasteiger partial charge in [-0.05, 0) is 19.9 Å². The Morgan fingerprint density at radius 2 is 2.05 bits per heavy atom. The maximum absolute atomic E-state index is 13.7. The quantitative estimate of drug-likeness (QED) is 0.477. The summed E-state index contributed by atoms with van der Waals surface area (Å²) in [5.41, 5.74) is -0.543. The van der Waals surface area contributed by atoms with Crippen molar-refractivity contribution in [2.45, 2.75) is 19.9 Å². The zero-order valence-corrected chi connectivity index (χ0v) is 11.1. The second-order valence-corrected chi connectivity index (χ2v) is 4.27. The molecule has 0 aliphatic carbocycles. The predicted molar refractivity (Wildman–Crippen MR) is 67.9 cm³/mol. The number of esters is 1. The zero-order valence-electron chi connectivity index (χ0n) is 11.1. The number of rotatable bonds is 4. The Kier molecular flexibility index (Phi) is 4.42. The Morgan fingerprint density at radius 1 is 1.47 bits per heavy atom. The summed E-state index contributed by atoms with van der Waals surface area (Å²) in [4.78, 5) is 23.3. The van der Waals surface area contributed by atoms with Gasteiger partial charge < -0.3 is 9.64 Å². The molecule has 0 saturated carbocycles. The number of methoxy groups -OCH3 is 1. The number of benzene rings is 1. The van der Waals surface area contributed by atoms with Crippen molar-refractivity contribution in [3.63, 3.8) is 0 Å². The largest absolute Gasteiger partial charge is 0.465 e. The van der Waals surface area contributed by atoms with Crippen LogP contribution in [0.15, 0.2) is 12.1 Å². The molecule has 0 unspecified atom stereocenters. The van der Waals surface area contributed by atoms with Crippen molar-refractivity contribution in [3.8, 4) is 0 Å². The van der Waals surface area contributed by atoms with Gasteiger partial charge in [0.25, 0.3) is 5.69 Å². The number of hydrogen-bond acceptors (Lipinski definition) is 5. The van der Waals surface area contributed by atoms with Crippen LogP contribution in [0.3, 0.4) is 0 Å². The van der Waals surface area contributed by atoms with E-state index >= 15 is 0 Å². The molecule has 0 spiro atoms. The highest BCUT2D eigenvalue weighted by Gasteiger charge is 2.25. The first-order chi connectivity index (χ1) is 8.79. The van der Waals surface area contributed by atoms with Crippen molar-refractivity contribution in [3.05, 3.63) is 33.6 Å². The second kappa shape index (κ2) is 5.64. The van der Waals surface area contributed by atoms with Crippen molar-refractivity contribution >= 4 is 17.3 Å². The molecule has 104 valence electrons. The molecule has 7 heteroatoms. The van der Waals surface area contributed by atoms with Crippen LogP contribution in [0.4, 0.5) is 15.8 Å². The summed E-state index contributed by atoms with van der Waals surface area (Å²) in [6.45, 7) is 3.65. The fourth-order valence-corrected chi connectivity index (χ4v) is 1.52. The number of carbonyl (C=O) groups excluding carboxylic acids is 1. The zero-order chi connectivity index (χ0) is 14.7. The molecule has 1 rings (SSSR count). The van der Waals surface area contributed by atoms with E-state index in [2.05, 4.69) is 4.74 Å². The minimum Gasteiger partial charge on any atom is -0.465 e. The van der Waals surface area contributed by atoms with E-state index in [1.807, 2.05) is 13.8 Å². The number of carbonyl (C=O) groups is 1. The highest BCUT2D eigenvalue weighted by Crippen LogP contribution is 2.31. The number of anilines is 1. The molecular formula is C12H15FN2O4. The molecule has 0 bridgehead atoms. The maximum Gasteiger partial charge on any atom is 0.340 e. The molecule has 1 aromatic carbocycles. The third-order valence-electron chi connectivity index (χ3n) is 2.82. The molecule has 0 N–H and O–H groups in total. The molecule has 0 atom stereocenters. The Balaban J connectivity index is 3.48. The first-order valence-corrected chi connectivity index (χ1v) is 5.58. The van der Waals surface area contributed by atoms with Crippen LogP contribution in [-0.4, -0.2) is 31.1 Å². The van der Waals surface area contributed by atoms with E-state index < -0.39 is 16.7 Å². The lowest BCUT2D eigenvalue weighted by Gasteiger charge is -2.23. The van der Waals surface area contributed by atoms with Crippen molar-refractivity contribution in [2.24, 2.45) is 0 Å². The summed E-state index contributed by atoms with van der Waals surface area (Å²) in [5.74, 6) is -1.84. The fraction of sp³-hybridized carbons (Fsp3) is 0.417. The molecule has 6 nitrogen and oxygen atoms in total. The molecule has 0 aliphatic heterocycles. The van der Waals surface area contributed by atoms with Crippen LogP contribution in [0.2, 0.25) is 0 Å². The van der Waals surface area contributed by atoms with Gasteiger partial charge in [0.05, 0.1) is 23.7 Å². The van der Waals surface area contributed by atoms with Crippen LogP contribution in [-0.2, 0) is 4.74 Å². The Hall–Kier alpha value is -2.18. The number of ether oxygens (including phenoxy) is 1. The van der Waals surface area contributed by atoms with E-state index in [0.29, 0.717) is 0 Å². The maximum atomic E-state index is 13.7. The summed E-state index contributed by atoms with van der Waals surface area (Å²) in [5, 5.41) is 10.9. The molecular weight excluding hydrogens is 255 g/mol.